The Morgan fingerprint density at radius 2 is 1.85 bits per heavy atom. The number of amides is 2. The molecule has 0 radical (unpaired) electrons. The molecule has 2 aromatic rings. The summed E-state index contributed by atoms with van der Waals surface area (Å²) in [5, 5.41) is 0. The average molecular weight is 367 g/mol. The first-order chi connectivity index (χ1) is 13.1. The number of benzene rings is 1. The molecule has 0 atom stereocenters. The summed E-state index contributed by atoms with van der Waals surface area (Å²) in [5.41, 5.74) is 2.34. The summed E-state index contributed by atoms with van der Waals surface area (Å²) in [4.78, 5) is 38.3. The minimum absolute atomic E-state index is 0.108. The molecule has 7 nitrogen and oxygen atoms in total. The van der Waals surface area contributed by atoms with Gasteiger partial charge in [-0.1, -0.05) is 30.3 Å². The van der Waals surface area contributed by atoms with Crippen LogP contribution in [0, 0.1) is 6.92 Å². The van der Waals surface area contributed by atoms with Gasteiger partial charge in [-0.15, -0.1) is 0 Å². The molecule has 2 heterocycles. The van der Waals surface area contributed by atoms with Crippen molar-refractivity contribution in [3.8, 4) is 0 Å². The zero-order valence-electron chi connectivity index (χ0n) is 15.8. The zero-order valence-corrected chi connectivity index (χ0v) is 15.8. The predicted molar refractivity (Wildman–Crippen MR) is 103 cm³/mol. The van der Waals surface area contributed by atoms with Crippen molar-refractivity contribution in [2.75, 3.05) is 37.6 Å². The molecule has 1 fully saturated rings. The van der Waals surface area contributed by atoms with Crippen LogP contribution in [0.5, 0.6) is 0 Å². The van der Waals surface area contributed by atoms with Crippen LogP contribution in [-0.2, 0) is 11.3 Å². The number of aryl methyl sites for hydroxylation is 1. The predicted octanol–water partition coefficient (Wildman–Crippen LogP) is 1.73. The van der Waals surface area contributed by atoms with Crippen LogP contribution in [0.3, 0.4) is 0 Å². The van der Waals surface area contributed by atoms with Crippen molar-refractivity contribution in [3.05, 3.63) is 53.3 Å². The first-order valence-corrected chi connectivity index (χ1v) is 9.24. The monoisotopic (exact) mass is 367 g/mol. The van der Waals surface area contributed by atoms with Crippen molar-refractivity contribution in [1.82, 2.24) is 19.8 Å². The highest BCUT2D eigenvalue weighted by Gasteiger charge is 2.23. The maximum atomic E-state index is 12.9. The fraction of sp³-hybridized carbons (Fsp3) is 0.400. The molecule has 0 saturated carbocycles. The molecular formula is C20H25N5O2. The number of hydrogen-bond donors (Lipinski definition) is 0. The van der Waals surface area contributed by atoms with E-state index in [0.29, 0.717) is 44.4 Å². The molecule has 0 bridgehead atoms. The Morgan fingerprint density at radius 1 is 1.15 bits per heavy atom. The average Bonchev–Trinajstić information content (AvgIpc) is 2.71. The minimum Gasteiger partial charge on any atom is -0.342 e. The normalized spacial score (nSPS) is 14.1. The fourth-order valence-electron chi connectivity index (χ4n) is 3.12. The van der Waals surface area contributed by atoms with Gasteiger partial charge in [0.1, 0.15) is 5.69 Å². The molecule has 27 heavy (non-hydrogen) atoms. The van der Waals surface area contributed by atoms with E-state index in [2.05, 4.69) is 33.9 Å². The van der Waals surface area contributed by atoms with E-state index < -0.39 is 0 Å². The number of aromatic nitrogens is 2. The molecule has 142 valence electrons. The molecule has 1 aromatic heterocycles. The number of nitrogens with zero attached hydrogens (tertiary/aromatic N) is 5. The Kier molecular flexibility index (Phi) is 6.01. The van der Waals surface area contributed by atoms with Gasteiger partial charge >= 0.3 is 0 Å². The lowest BCUT2D eigenvalue weighted by Gasteiger charge is -2.32. The molecule has 0 spiro atoms. The van der Waals surface area contributed by atoms with Gasteiger partial charge in [0.25, 0.3) is 5.91 Å². The summed E-state index contributed by atoms with van der Waals surface area (Å²) >= 11 is 0. The fourth-order valence-corrected chi connectivity index (χ4v) is 3.12. The topological polar surface area (TPSA) is 69.6 Å². The molecular weight excluding hydrogens is 342 g/mol. The van der Waals surface area contributed by atoms with E-state index in [1.807, 2.05) is 25.1 Å². The van der Waals surface area contributed by atoms with Gasteiger partial charge in [-0.3, -0.25) is 9.59 Å². The van der Waals surface area contributed by atoms with Crippen LogP contribution in [0.25, 0.3) is 0 Å². The Morgan fingerprint density at radius 3 is 2.48 bits per heavy atom. The number of piperazine rings is 1. The Hall–Kier alpha value is -2.96. The quantitative estimate of drug-likeness (QED) is 0.727. The van der Waals surface area contributed by atoms with Gasteiger partial charge in [-0.05, 0) is 25.5 Å². The largest absolute Gasteiger partial charge is 0.342 e. The highest BCUT2D eigenvalue weighted by atomic mass is 16.2. The first-order valence-electron chi connectivity index (χ1n) is 9.24. The number of carbonyl (C=O) groups is 2. The molecule has 1 saturated heterocycles. The Labute approximate surface area is 159 Å². The van der Waals surface area contributed by atoms with Crippen molar-refractivity contribution >= 4 is 18.3 Å². The summed E-state index contributed by atoms with van der Waals surface area (Å²) in [6, 6.07) is 11.9. The van der Waals surface area contributed by atoms with Crippen molar-refractivity contribution in [2.24, 2.45) is 0 Å². The number of anilines is 1. The first kappa shape index (κ1) is 18.8. The minimum atomic E-state index is -0.108. The summed E-state index contributed by atoms with van der Waals surface area (Å²) < 4.78 is 0. The van der Waals surface area contributed by atoms with Crippen LogP contribution in [0.15, 0.2) is 36.4 Å². The molecule has 7 heteroatoms. The van der Waals surface area contributed by atoms with Gasteiger partial charge < -0.3 is 14.7 Å². The van der Waals surface area contributed by atoms with Gasteiger partial charge in [0.05, 0.1) is 0 Å². The van der Waals surface area contributed by atoms with E-state index in [1.165, 1.54) is 5.56 Å². The van der Waals surface area contributed by atoms with Crippen molar-refractivity contribution in [2.45, 2.75) is 20.4 Å². The lowest BCUT2D eigenvalue weighted by atomic mass is 10.2. The van der Waals surface area contributed by atoms with Crippen LogP contribution in [-0.4, -0.2) is 64.8 Å². The number of carbonyl (C=O) groups excluding carboxylic acids is 2. The van der Waals surface area contributed by atoms with E-state index in [4.69, 9.17) is 0 Å². The smallest absolute Gasteiger partial charge is 0.272 e. The zero-order chi connectivity index (χ0) is 19.2. The van der Waals surface area contributed by atoms with Crippen LogP contribution in [0.2, 0.25) is 0 Å². The summed E-state index contributed by atoms with van der Waals surface area (Å²) in [7, 11) is 0. The van der Waals surface area contributed by atoms with Crippen LogP contribution < -0.4 is 4.90 Å². The lowest BCUT2D eigenvalue weighted by molar-refractivity contribution is -0.119. The van der Waals surface area contributed by atoms with Gasteiger partial charge in [-0.25, -0.2) is 9.97 Å². The molecule has 0 unspecified atom stereocenters. The second-order valence-electron chi connectivity index (χ2n) is 6.63. The third-order valence-corrected chi connectivity index (χ3v) is 4.69. The standard InChI is InChI=1S/C20H25N5O2/c1-3-24(14-17-7-5-4-6-8-17)20-21-16(2)13-18(22-20)19(27)25-11-9-23(15-26)10-12-25/h4-8,13,15H,3,9-12,14H2,1-2H3. The highest BCUT2D eigenvalue weighted by Crippen LogP contribution is 2.16. The number of rotatable bonds is 6. The SMILES string of the molecule is CCN(Cc1ccccc1)c1nc(C)cc(C(=O)N2CCN(C=O)CC2)n1. The summed E-state index contributed by atoms with van der Waals surface area (Å²) in [6.45, 7) is 7.52. The van der Waals surface area contributed by atoms with Crippen LogP contribution in [0.1, 0.15) is 28.7 Å². The Balaban J connectivity index is 1.78. The second kappa shape index (κ2) is 8.62. The van der Waals surface area contributed by atoms with Gasteiger partial charge in [-0.2, -0.15) is 0 Å². The second-order valence-corrected chi connectivity index (χ2v) is 6.63. The maximum absolute atomic E-state index is 12.9. The van der Waals surface area contributed by atoms with Crippen molar-refractivity contribution < 1.29 is 9.59 Å². The van der Waals surface area contributed by atoms with Crippen LogP contribution in [0.4, 0.5) is 5.95 Å². The van der Waals surface area contributed by atoms with Gasteiger partial charge in [0.15, 0.2) is 0 Å². The lowest BCUT2D eigenvalue weighted by Crippen LogP contribution is -2.48. The highest BCUT2D eigenvalue weighted by molar-refractivity contribution is 5.92. The molecule has 1 aromatic carbocycles. The molecule has 0 aliphatic carbocycles. The van der Waals surface area contributed by atoms with Crippen molar-refractivity contribution in [1.29, 1.82) is 0 Å². The van der Waals surface area contributed by atoms with Crippen LogP contribution >= 0.6 is 0 Å². The summed E-state index contributed by atoms with van der Waals surface area (Å²) in [5.74, 6) is 0.458. The van der Waals surface area contributed by atoms with E-state index in [-0.39, 0.29) is 5.91 Å². The molecule has 0 N–H and O–H groups in total. The molecule has 3 rings (SSSR count). The molecule has 2 amide bonds. The third-order valence-electron chi connectivity index (χ3n) is 4.69. The third kappa shape index (κ3) is 4.61. The maximum Gasteiger partial charge on any atom is 0.272 e. The van der Waals surface area contributed by atoms with Crippen molar-refractivity contribution in [3.63, 3.8) is 0 Å². The van der Waals surface area contributed by atoms with E-state index in [0.717, 1.165) is 18.6 Å². The van der Waals surface area contributed by atoms with Gasteiger partial charge in [0, 0.05) is 45.0 Å². The van der Waals surface area contributed by atoms with Gasteiger partial charge in [0.2, 0.25) is 12.4 Å². The molecule has 1 aliphatic heterocycles. The summed E-state index contributed by atoms with van der Waals surface area (Å²) in [6.07, 6.45) is 0.831. The van der Waals surface area contributed by atoms with E-state index in [1.54, 1.807) is 15.9 Å². The molecule has 1 aliphatic rings. The Bertz CT molecular complexity index is 788. The van der Waals surface area contributed by atoms with E-state index >= 15 is 0 Å². The van der Waals surface area contributed by atoms with E-state index in [9.17, 15) is 9.59 Å². The number of hydrogen-bond acceptors (Lipinski definition) is 5.